The Balaban J connectivity index is 2.56. The van der Waals surface area contributed by atoms with Crippen LogP contribution in [0.3, 0.4) is 0 Å². The number of nitrogens with zero attached hydrogens (tertiary/aromatic N) is 2. The SMILES string of the molecule is CNc1nccc(-c2ccc(Br)c(Cl)c2F)n1. The number of hydrogen-bond acceptors (Lipinski definition) is 3. The number of halogens is 3. The molecule has 0 aliphatic carbocycles. The molecule has 1 N–H and O–H groups in total. The van der Waals surface area contributed by atoms with Crippen molar-refractivity contribution in [3.63, 3.8) is 0 Å². The van der Waals surface area contributed by atoms with Gasteiger partial charge in [-0.05, 0) is 34.1 Å². The van der Waals surface area contributed by atoms with Crippen LogP contribution in [0.4, 0.5) is 10.3 Å². The van der Waals surface area contributed by atoms with Crippen LogP contribution in [-0.4, -0.2) is 17.0 Å². The van der Waals surface area contributed by atoms with E-state index in [1.807, 2.05) is 0 Å². The molecular weight excluding hydrogens is 308 g/mol. The molecule has 0 fully saturated rings. The molecule has 0 saturated heterocycles. The number of aromatic nitrogens is 2. The summed E-state index contributed by atoms with van der Waals surface area (Å²) in [5, 5.41) is 2.84. The molecule has 0 amide bonds. The molecule has 0 aliphatic heterocycles. The molecule has 0 unspecified atom stereocenters. The molecule has 0 bridgehead atoms. The minimum absolute atomic E-state index is 0.0483. The molecule has 0 atom stereocenters. The van der Waals surface area contributed by atoms with Gasteiger partial charge in [0.15, 0.2) is 5.82 Å². The van der Waals surface area contributed by atoms with Crippen LogP contribution in [-0.2, 0) is 0 Å². The lowest BCUT2D eigenvalue weighted by Crippen LogP contribution is -1.97. The highest BCUT2D eigenvalue weighted by atomic mass is 79.9. The molecule has 2 aromatic rings. The van der Waals surface area contributed by atoms with Gasteiger partial charge in [-0.2, -0.15) is 0 Å². The van der Waals surface area contributed by atoms with Crippen LogP contribution >= 0.6 is 27.5 Å². The average Bonchev–Trinajstić information content (AvgIpc) is 2.36. The molecule has 6 heteroatoms. The first-order valence-corrected chi connectivity index (χ1v) is 5.95. The highest BCUT2D eigenvalue weighted by Gasteiger charge is 2.13. The number of anilines is 1. The van der Waals surface area contributed by atoms with E-state index in [0.29, 0.717) is 21.7 Å². The lowest BCUT2D eigenvalue weighted by atomic mass is 10.1. The lowest BCUT2D eigenvalue weighted by Gasteiger charge is -2.06. The van der Waals surface area contributed by atoms with Gasteiger partial charge in [0.2, 0.25) is 5.95 Å². The smallest absolute Gasteiger partial charge is 0.222 e. The molecule has 0 radical (unpaired) electrons. The Morgan fingerprint density at radius 3 is 2.82 bits per heavy atom. The maximum atomic E-state index is 13.9. The van der Waals surface area contributed by atoms with Crippen LogP contribution < -0.4 is 5.32 Å². The molecule has 0 saturated carbocycles. The van der Waals surface area contributed by atoms with Gasteiger partial charge in [-0.25, -0.2) is 14.4 Å². The topological polar surface area (TPSA) is 37.8 Å². The highest BCUT2D eigenvalue weighted by molar-refractivity contribution is 9.10. The van der Waals surface area contributed by atoms with E-state index in [9.17, 15) is 4.39 Å². The summed E-state index contributed by atoms with van der Waals surface area (Å²) in [5.74, 6) is -0.0669. The van der Waals surface area contributed by atoms with Gasteiger partial charge in [-0.3, -0.25) is 0 Å². The molecule has 0 aliphatic rings. The van der Waals surface area contributed by atoms with Crippen molar-refractivity contribution >= 4 is 33.5 Å². The second kappa shape index (κ2) is 4.98. The van der Waals surface area contributed by atoms with Gasteiger partial charge in [0.25, 0.3) is 0 Å². The molecule has 1 heterocycles. The fourth-order valence-corrected chi connectivity index (χ4v) is 1.82. The van der Waals surface area contributed by atoms with E-state index < -0.39 is 5.82 Å². The lowest BCUT2D eigenvalue weighted by molar-refractivity contribution is 0.630. The summed E-state index contributed by atoms with van der Waals surface area (Å²) in [5.41, 5.74) is 0.827. The van der Waals surface area contributed by atoms with Crippen LogP contribution in [0.5, 0.6) is 0 Å². The third-order valence-electron chi connectivity index (χ3n) is 2.19. The summed E-state index contributed by atoms with van der Waals surface area (Å²) >= 11 is 8.99. The van der Waals surface area contributed by atoms with Crippen LogP contribution in [0.2, 0.25) is 5.02 Å². The molecule has 1 aromatic carbocycles. The number of rotatable bonds is 2. The van der Waals surface area contributed by atoms with E-state index in [1.165, 1.54) is 0 Å². The van der Waals surface area contributed by atoms with E-state index in [-0.39, 0.29) is 5.02 Å². The van der Waals surface area contributed by atoms with Crippen LogP contribution in [0, 0.1) is 5.82 Å². The van der Waals surface area contributed by atoms with Gasteiger partial charge < -0.3 is 5.32 Å². The van der Waals surface area contributed by atoms with Gasteiger partial charge in [-0.1, -0.05) is 11.6 Å². The second-order valence-corrected chi connectivity index (χ2v) is 4.47. The Kier molecular flexibility index (Phi) is 3.59. The van der Waals surface area contributed by atoms with Crippen molar-refractivity contribution in [3.8, 4) is 11.3 Å². The van der Waals surface area contributed by atoms with Crippen LogP contribution in [0.25, 0.3) is 11.3 Å². The minimum atomic E-state index is -0.498. The van der Waals surface area contributed by atoms with Crippen molar-refractivity contribution in [1.82, 2.24) is 9.97 Å². The molecular formula is C11H8BrClFN3. The monoisotopic (exact) mass is 315 g/mol. The van der Waals surface area contributed by atoms with Gasteiger partial charge in [0, 0.05) is 23.3 Å². The Morgan fingerprint density at radius 2 is 2.12 bits per heavy atom. The Hall–Kier alpha value is -1.20. The Labute approximate surface area is 111 Å². The van der Waals surface area contributed by atoms with E-state index in [2.05, 4.69) is 31.2 Å². The zero-order chi connectivity index (χ0) is 12.4. The predicted molar refractivity (Wildman–Crippen MR) is 69.7 cm³/mol. The maximum absolute atomic E-state index is 13.9. The normalized spacial score (nSPS) is 10.4. The first kappa shape index (κ1) is 12.3. The summed E-state index contributed by atoms with van der Waals surface area (Å²) in [6, 6.07) is 4.93. The standard InChI is InChI=1S/C11H8BrClFN3/c1-15-11-16-5-4-8(17-11)6-2-3-7(12)9(13)10(6)14/h2-5H,1H3,(H,15,16,17). The third kappa shape index (κ3) is 2.40. The quantitative estimate of drug-likeness (QED) is 0.858. The summed E-state index contributed by atoms with van der Waals surface area (Å²) in [6.45, 7) is 0. The fourth-order valence-electron chi connectivity index (χ4n) is 1.35. The van der Waals surface area contributed by atoms with E-state index >= 15 is 0 Å². The summed E-state index contributed by atoms with van der Waals surface area (Å²) < 4.78 is 14.5. The van der Waals surface area contributed by atoms with Crippen molar-refractivity contribution in [2.75, 3.05) is 12.4 Å². The van der Waals surface area contributed by atoms with Gasteiger partial charge in [0.05, 0.1) is 10.7 Å². The van der Waals surface area contributed by atoms with E-state index in [0.717, 1.165) is 0 Å². The molecule has 17 heavy (non-hydrogen) atoms. The molecule has 88 valence electrons. The predicted octanol–water partition coefficient (Wildman–Crippen LogP) is 3.74. The zero-order valence-corrected chi connectivity index (χ0v) is 11.2. The molecule has 2 rings (SSSR count). The summed E-state index contributed by atoms with van der Waals surface area (Å²) in [4.78, 5) is 8.12. The number of nitrogens with one attached hydrogen (secondary N) is 1. The van der Waals surface area contributed by atoms with Crippen molar-refractivity contribution in [3.05, 3.63) is 39.7 Å². The minimum Gasteiger partial charge on any atom is -0.357 e. The van der Waals surface area contributed by atoms with Crippen LogP contribution in [0.15, 0.2) is 28.9 Å². The van der Waals surface area contributed by atoms with Crippen molar-refractivity contribution in [2.24, 2.45) is 0 Å². The summed E-state index contributed by atoms with van der Waals surface area (Å²) in [7, 11) is 1.70. The number of benzene rings is 1. The number of hydrogen-bond donors (Lipinski definition) is 1. The largest absolute Gasteiger partial charge is 0.357 e. The average molecular weight is 317 g/mol. The van der Waals surface area contributed by atoms with Crippen LogP contribution in [0.1, 0.15) is 0 Å². The first-order chi connectivity index (χ1) is 8.13. The molecule has 0 spiro atoms. The maximum Gasteiger partial charge on any atom is 0.222 e. The van der Waals surface area contributed by atoms with Crippen molar-refractivity contribution in [2.45, 2.75) is 0 Å². The molecule has 1 aromatic heterocycles. The van der Waals surface area contributed by atoms with E-state index in [1.54, 1.807) is 31.4 Å². The van der Waals surface area contributed by atoms with Crippen molar-refractivity contribution < 1.29 is 4.39 Å². The fraction of sp³-hybridized carbons (Fsp3) is 0.0909. The zero-order valence-electron chi connectivity index (χ0n) is 8.84. The second-order valence-electron chi connectivity index (χ2n) is 3.24. The molecule has 3 nitrogen and oxygen atoms in total. The summed E-state index contributed by atoms with van der Waals surface area (Å²) in [6.07, 6.45) is 1.56. The Bertz CT molecular complexity index is 562. The van der Waals surface area contributed by atoms with Gasteiger partial charge in [-0.15, -0.1) is 0 Å². The van der Waals surface area contributed by atoms with Gasteiger partial charge in [0.1, 0.15) is 0 Å². The Morgan fingerprint density at radius 1 is 1.35 bits per heavy atom. The van der Waals surface area contributed by atoms with E-state index in [4.69, 9.17) is 11.6 Å². The van der Waals surface area contributed by atoms with Gasteiger partial charge >= 0.3 is 0 Å². The first-order valence-electron chi connectivity index (χ1n) is 4.78. The van der Waals surface area contributed by atoms with Crippen molar-refractivity contribution in [1.29, 1.82) is 0 Å². The third-order valence-corrected chi connectivity index (χ3v) is 3.45. The highest BCUT2D eigenvalue weighted by Crippen LogP contribution is 2.32.